The Morgan fingerprint density at radius 3 is 2.90 bits per heavy atom. The van der Waals surface area contributed by atoms with E-state index < -0.39 is 0 Å². The van der Waals surface area contributed by atoms with Crippen LogP contribution in [0.4, 0.5) is 0 Å². The molecule has 0 aromatic heterocycles. The van der Waals surface area contributed by atoms with Gasteiger partial charge in [0, 0.05) is 17.5 Å². The Balaban J connectivity index is 2.80. The van der Waals surface area contributed by atoms with E-state index >= 15 is 0 Å². The number of aromatic nitrogens is 1. The topological polar surface area (TPSA) is 15.8 Å². The first-order valence-corrected chi connectivity index (χ1v) is 3.40. The molecule has 0 saturated carbocycles. The Hall–Kier alpha value is -1.24. The van der Waals surface area contributed by atoms with Gasteiger partial charge < -0.3 is 4.98 Å². The maximum atomic E-state index is 3.17. The van der Waals surface area contributed by atoms with E-state index in [1.54, 1.807) is 0 Å². The Kier molecular flexibility index (Phi) is 1.04. The zero-order valence-electron chi connectivity index (χ0n) is 5.89. The first-order chi connectivity index (χ1) is 4.88. The lowest BCUT2D eigenvalue weighted by molar-refractivity contribution is 1.30. The van der Waals surface area contributed by atoms with Crippen LogP contribution in [0.15, 0.2) is 30.5 Å². The van der Waals surface area contributed by atoms with Crippen molar-refractivity contribution in [3.8, 4) is 11.3 Å². The van der Waals surface area contributed by atoms with E-state index in [1.165, 1.54) is 16.8 Å². The van der Waals surface area contributed by atoms with Crippen LogP contribution in [-0.4, -0.2) is 4.98 Å². The molecule has 0 spiro atoms. The van der Waals surface area contributed by atoms with Crippen LogP contribution in [-0.2, 0) is 0 Å². The molecule has 0 radical (unpaired) electrons. The lowest BCUT2D eigenvalue weighted by Crippen LogP contribution is -1.82. The number of nitrogens with one attached hydrogen (secondary N) is 1. The van der Waals surface area contributed by atoms with Crippen molar-refractivity contribution in [3.63, 3.8) is 0 Å². The summed E-state index contributed by atoms with van der Waals surface area (Å²) in [5, 5.41) is 0. The highest BCUT2D eigenvalue weighted by molar-refractivity contribution is 5.65. The summed E-state index contributed by atoms with van der Waals surface area (Å²) in [6.07, 6.45) is 1.97. The van der Waals surface area contributed by atoms with E-state index in [0.29, 0.717) is 0 Å². The van der Waals surface area contributed by atoms with E-state index in [4.69, 9.17) is 0 Å². The lowest BCUT2D eigenvalue weighted by atomic mass is 10.1. The van der Waals surface area contributed by atoms with Crippen LogP contribution >= 0.6 is 0 Å². The second-order valence-electron chi connectivity index (χ2n) is 2.51. The number of rotatable bonds is 0. The average molecular weight is 131 g/mol. The molecule has 0 bridgehead atoms. The number of pyridine rings is 1. The van der Waals surface area contributed by atoms with Crippen molar-refractivity contribution < 1.29 is 0 Å². The molecule has 0 fully saturated rings. The summed E-state index contributed by atoms with van der Waals surface area (Å²) in [6.45, 7) is 2.12. The van der Waals surface area contributed by atoms with Crippen molar-refractivity contribution in [3.05, 3.63) is 36.0 Å². The molecule has 0 saturated heterocycles. The number of hydrogen-bond donors (Lipinski definition) is 1. The predicted octanol–water partition coefficient (Wildman–Crippen LogP) is 2.43. The minimum absolute atomic E-state index is 1.22. The van der Waals surface area contributed by atoms with Gasteiger partial charge in [-0.1, -0.05) is 12.1 Å². The van der Waals surface area contributed by atoms with Crippen LogP contribution in [0.3, 0.4) is 0 Å². The summed E-state index contributed by atoms with van der Waals surface area (Å²) >= 11 is 0. The van der Waals surface area contributed by atoms with Gasteiger partial charge in [-0.15, -0.1) is 0 Å². The molecule has 0 atom stereocenters. The van der Waals surface area contributed by atoms with Crippen LogP contribution < -0.4 is 0 Å². The van der Waals surface area contributed by atoms with Crippen LogP contribution in [0.25, 0.3) is 11.3 Å². The Bertz CT molecular complexity index is 309. The highest BCUT2D eigenvalue weighted by Gasteiger charge is 2.01. The van der Waals surface area contributed by atoms with E-state index in [0.717, 1.165) is 0 Å². The van der Waals surface area contributed by atoms with Crippen molar-refractivity contribution in [2.45, 2.75) is 6.92 Å². The highest BCUT2D eigenvalue weighted by atomic mass is 14.7. The molecule has 1 aliphatic heterocycles. The zero-order chi connectivity index (χ0) is 6.97. The number of aromatic amines is 1. The summed E-state index contributed by atoms with van der Waals surface area (Å²) in [5.74, 6) is 0. The van der Waals surface area contributed by atoms with Crippen molar-refractivity contribution in [2.24, 2.45) is 0 Å². The molecule has 1 nitrogen and oxygen atoms in total. The van der Waals surface area contributed by atoms with Gasteiger partial charge in [-0.25, -0.2) is 0 Å². The third kappa shape index (κ3) is 0.637. The second-order valence-corrected chi connectivity index (χ2v) is 2.51. The van der Waals surface area contributed by atoms with E-state index in [-0.39, 0.29) is 0 Å². The van der Waals surface area contributed by atoms with Crippen molar-refractivity contribution in [1.82, 2.24) is 4.98 Å². The maximum absolute atomic E-state index is 3.17. The van der Waals surface area contributed by atoms with Gasteiger partial charge >= 0.3 is 0 Å². The molecule has 1 aliphatic carbocycles. The molecule has 1 heteroatoms. The molecule has 1 heterocycles. The zero-order valence-corrected chi connectivity index (χ0v) is 5.89. The van der Waals surface area contributed by atoms with Gasteiger partial charge in [0.05, 0.1) is 0 Å². The molecule has 0 aromatic rings. The predicted molar refractivity (Wildman–Crippen MR) is 42.2 cm³/mol. The number of H-pyrrole nitrogens is 1. The fourth-order valence-electron chi connectivity index (χ4n) is 1.24. The van der Waals surface area contributed by atoms with Gasteiger partial charge in [-0.2, -0.15) is 0 Å². The monoisotopic (exact) mass is 131 g/mol. The van der Waals surface area contributed by atoms with Crippen LogP contribution in [0.2, 0.25) is 0 Å². The number of aryl methyl sites for hydroxylation is 1. The van der Waals surface area contributed by atoms with Crippen molar-refractivity contribution >= 4 is 0 Å². The van der Waals surface area contributed by atoms with E-state index in [2.05, 4.69) is 36.2 Å². The molecule has 1 N–H and O–H groups in total. The summed E-state index contributed by atoms with van der Waals surface area (Å²) in [5.41, 5.74) is 3.88. The highest BCUT2D eigenvalue weighted by Crippen LogP contribution is 2.22. The van der Waals surface area contributed by atoms with Crippen molar-refractivity contribution in [2.75, 3.05) is 0 Å². The first-order valence-electron chi connectivity index (χ1n) is 3.40. The second kappa shape index (κ2) is 1.87. The molecule has 0 unspecified atom stereocenters. The summed E-state index contributed by atoms with van der Waals surface area (Å²) in [7, 11) is 0. The normalized spacial score (nSPS) is 10.5. The Morgan fingerprint density at radius 1 is 1.20 bits per heavy atom. The van der Waals surface area contributed by atoms with Gasteiger partial charge in [0.25, 0.3) is 0 Å². The quantitative estimate of drug-likeness (QED) is 0.565. The number of hydrogen-bond acceptors (Lipinski definition) is 0. The summed E-state index contributed by atoms with van der Waals surface area (Å²) in [6, 6.07) is 8.36. The third-order valence-electron chi connectivity index (χ3n) is 1.81. The van der Waals surface area contributed by atoms with Gasteiger partial charge in [0.15, 0.2) is 0 Å². The van der Waals surface area contributed by atoms with Gasteiger partial charge in [0.1, 0.15) is 0 Å². The maximum Gasteiger partial charge on any atom is 0.0456 e. The summed E-state index contributed by atoms with van der Waals surface area (Å²) < 4.78 is 0. The summed E-state index contributed by atoms with van der Waals surface area (Å²) in [4.78, 5) is 3.17. The average Bonchev–Trinajstić information content (AvgIpc) is 2.36. The fourth-order valence-corrected chi connectivity index (χ4v) is 1.24. The lowest BCUT2D eigenvalue weighted by Gasteiger charge is -2.00. The first kappa shape index (κ1) is 5.54. The standard InChI is InChI=1S/C9H9N/c1-7-5-6-10-9-4-2-3-8(7)9/h2-6,10H,1H3. The molecular formula is C9H9N. The van der Waals surface area contributed by atoms with Gasteiger partial charge in [-0.05, 0) is 24.6 Å². The molecule has 10 heavy (non-hydrogen) atoms. The molecule has 2 aliphatic rings. The molecule has 50 valence electrons. The molecule has 2 rings (SSSR count). The van der Waals surface area contributed by atoms with Gasteiger partial charge in [-0.3, -0.25) is 0 Å². The molecular weight excluding hydrogens is 122 g/mol. The minimum atomic E-state index is 1.22. The third-order valence-corrected chi connectivity index (χ3v) is 1.81. The van der Waals surface area contributed by atoms with Crippen LogP contribution in [0.1, 0.15) is 5.56 Å². The van der Waals surface area contributed by atoms with E-state index in [1.807, 2.05) is 6.20 Å². The van der Waals surface area contributed by atoms with Crippen LogP contribution in [0, 0.1) is 6.92 Å². The molecule has 0 aromatic carbocycles. The number of fused-ring (bicyclic) bond motifs is 1. The SMILES string of the molecule is Cc1cc[nH]c2cccc1-2. The Morgan fingerprint density at radius 2 is 2.10 bits per heavy atom. The largest absolute Gasteiger partial charge is 0.361 e. The van der Waals surface area contributed by atoms with E-state index in [9.17, 15) is 0 Å². The minimum Gasteiger partial charge on any atom is -0.361 e. The van der Waals surface area contributed by atoms with Crippen molar-refractivity contribution in [1.29, 1.82) is 0 Å². The smallest absolute Gasteiger partial charge is 0.0456 e. The fraction of sp³-hybridized carbons (Fsp3) is 0.111. The van der Waals surface area contributed by atoms with Crippen LogP contribution in [0.5, 0.6) is 0 Å². The molecule has 0 amide bonds. The Labute approximate surface area is 60.0 Å². The van der Waals surface area contributed by atoms with Gasteiger partial charge in [0.2, 0.25) is 0 Å².